The fraction of sp³-hybridized carbons (Fsp3) is 0.500. The predicted octanol–water partition coefficient (Wildman–Crippen LogP) is 1.12. The molecule has 2 atom stereocenters. The van der Waals surface area contributed by atoms with Gasteiger partial charge in [-0.2, -0.15) is 0 Å². The Bertz CT molecular complexity index is 914. The molecule has 0 aromatic heterocycles. The lowest BCUT2D eigenvalue weighted by molar-refractivity contribution is -0.146. The highest BCUT2D eigenvalue weighted by Gasteiger charge is 2.37. The molecule has 10 heteroatoms. The molecule has 0 heterocycles. The number of carbonyl (C=O) groups is 4. The molecule has 3 amide bonds. The van der Waals surface area contributed by atoms with Crippen LogP contribution in [0.1, 0.15) is 51.8 Å². The van der Waals surface area contributed by atoms with Gasteiger partial charge in [-0.15, -0.1) is 6.42 Å². The molecule has 2 unspecified atom stereocenters. The number of rotatable bonds is 9. The van der Waals surface area contributed by atoms with Crippen LogP contribution in [0.15, 0.2) is 24.3 Å². The number of esters is 1. The van der Waals surface area contributed by atoms with E-state index in [4.69, 9.17) is 11.2 Å². The van der Waals surface area contributed by atoms with Crippen molar-refractivity contribution in [2.75, 3.05) is 20.3 Å². The van der Waals surface area contributed by atoms with Gasteiger partial charge in [0.15, 0.2) is 0 Å². The van der Waals surface area contributed by atoms with Crippen molar-refractivity contribution in [1.29, 1.82) is 0 Å². The first-order valence-corrected chi connectivity index (χ1v) is 10.7. The van der Waals surface area contributed by atoms with Crippen LogP contribution >= 0.6 is 0 Å². The Balaban J connectivity index is 3.36. The summed E-state index contributed by atoms with van der Waals surface area (Å²) in [5.74, 6) is 0.429. The normalized spacial score (nSPS) is 12.7. The molecule has 3 N–H and O–H groups in total. The summed E-state index contributed by atoms with van der Waals surface area (Å²) in [6.07, 6.45) is 4.52. The fourth-order valence-electron chi connectivity index (χ4n) is 3.02. The van der Waals surface area contributed by atoms with Crippen LogP contribution in [0.4, 0.5) is 4.79 Å². The predicted molar refractivity (Wildman–Crippen MR) is 124 cm³/mol. The summed E-state index contributed by atoms with van der Waals surface area (Å²) in [4.78, 5) is 51.6. The molecule has 0 aliphatic carbocycles. The molecular weight excluding hydrogens is 442 g/mol. The van der Waals surface area contributed by atoms with Crippen molar-refractivity contribution in [2.45, 2.75) is 58.3 Å². The zero-order valence-corrected chi connectivity index (χ0v) is 20.4. The summed E-state index contributed by atoms with van der Waals surface area (Å²) < 4.78 is 9.73. The van der Waals surface area contributed by atoms with Crippen LogP contribution in [0.3, 0.4) is 0 Å². The number of terminal acetylenes is 1. The van der Waals surface area contributed by atoms with Crippen LogP contribution in [0.2, 0.25) is 0 Å². The summed E-state index contributed by atoms with van der Waals surface area (Å²) in [5, 5.41) is 14.6. The second-order valence-electron chi connectivity index (χ2n) is 8.68. The van der Waals surface area contributed by atoms with Gasteiger partial charge in [-0.05, 0) is 52.3 Å². The van der Waals surface area contributed by atoms with Crippen molar-refractivity contribution in [3.05, 3.63) is 35.4 Å². The molecule has 0 saturated heterocycles. The minimum atomic E-state index is -1.38. The zero-order chi connectivity index (χ0) is 26.1. The first-order valence-electron chi connectivity index (χ1n) is 10.7. The lowest BCUT2D eigenvalue weighted by Crippen LogP contribution is -2.56. The topological polar surface area (TPSA) is 134 Å². The van der Waals surface area contributed by atoms with E-state index in [0.717, 1.165) is 0 Å². The van der Waals surface area contributed by atoms with E-state index in [-0.39, 0.29) is 0 Å². The Kier molecular flexibility index (Phi) is 10.5. The summed E-state index contributed by atoms with van der Waals surface area (Å²) in [6, 6.07) is 3.30. The third kappa shape index (κ3) is 8.41. The minimum absolute atomic E-state index is 0.409. The van der Waals surface area contributed by atoms with Crippen molar-refractivity contribution in [1.82, 2.24) is 15.5 Å². The lowest BCUT2D eigenvalue weighted by Gasteiger charge is -2.36. The standard InChI is InChI=1S/C24H33N3O7/c1-8-16-9-11-17(12-10-16)20(21(30)25-13-19(29)33-7)27(15(2)3)22(31)18(14-28)26-23(32)34-24(4,5)6/h1,9-12,15,18,20,28H,13-14H2,2-7H3,(H,25,30)(H,26,32). The quantitative estimate of drug-likeness (QED) is 0.360. The van der Waals surface area contributed by atoms with Crippen molar-refractivity contribution in [2.24, 2.45) is 0 Å². The number of alkyl carbamates (subject to hydrolysis) is 1. The smallest absolute Gasteiger partial charge is 0.408 e. The van der Waals surface area contributed by atoms with Gasteiger partial charge < -0.3 is 30.1 Å². The number of aliphatic hydroxyl groups is 1. The molecule has 0 fully saturated rings. The van der Waals surface area contributed by atoms with E-state index in [2.05, 4.69) is 21.3 Å². The van der Waals surface area contributed by atoms with E-state index >= 15 is 0 Å². The van der Waals surface area contributed by atoms with Gasteiger partial charge in [0.1, 0.15) is 24.2 Å². The number of nitrogens with zero attached hydrogens (tertiary/aromatic N) is 1. The van der Waals surface area contributed by atoms with E-state index in [0.29, 0.717) is 11.1 Å². The number of hydrogen-bond acceptors (Lipinski definition) is 7. The van der Waals surface area contributed by atoms with Gasteiger partial charge in [-0.25, -0.2) is 4.79 Å². The number of benzene rings is 1. The fourth-order valence-corrected chi connectivity index (χ4v) is 3.02. The second-order valence-corrected chi connectivity index (χ2v) is 8.68. The molecule has 0 aliphatic rings. The molecule has 0 bridgehead atoms. The van der Waals surface area contributed by atoms with E-state index in [1.807, 2.05) is 0 Å². The van der Waals surface area contributed by atoms with Gasteiger partial charge in [-0.3, -0.25) is 14.4 Å². The van der Waals surface area contributed by atoms with Crippen molar-refractivity contribution in [3.63, 3.8) is 0 Å². The summed E-state index contributed by atoms with van der Waals surface area (Å²) in [5.41, 5.74) is 0.164. The molecule has 0 aliphatic heterocycles. The number of carbonyl (C=O) groups excluding carboxylic acids is 4. The molecule has 0 radical (unpaired) electrons. The van der Waals surface area contributed by atoms with E-state index in [1.54, 1.807) is 58.9 Å². The SMILES string of the molecule is C#Cc1ccc(C(C(=O)NCC(=O)OC)N(C(=O)C(CO)NC(=O)OC(C)(C)C)C(C)C)cc1. The first-order chi connectivity index (χ1) is 15.8. The first kappa shape index (κ1) is 28.5. The van der Waals surface area contributed by atoms with Gasteiger partial charge in [0, 0.05) is 11.6 Å². The average Bonchev–Trinajstić information content (AvgIpc) is 2.77. The van der Waals surface area contributed by atoms with Crippen LogP contribution in [0.25, 0.3) is 0 Å². The Morgan fingerprint density at radius 1 is 1.15 bits per heavy atom. The van der Waals surface area contributed by atoms with E-state index in [1.165, 1.54) is 12.0 Å². The average molecular weight is 476 g/mol. The molecule has 0 saturated carbocycles. The lowest BCUT2D eigenvalue weighted by atomic mass is 10.00. The largest absolute Gasteiger partial charge is 0.468 e. The monoisotopic (exact) mass is 475 g/mol. The number of methoxy groups -OCH3 is 1. The van der Waals surface area contributed by atoms with E-state index < -0.39 is 60.8 Å². The van der Waals surface area contributed by atoms with Crippen LogP contribution in [-0.4, -0.2) is 71.8 Å². The van der Waals surface area contributed by atoms with E-state index in [9.17, 15) is 24.3 Å². The number of amides is 3. The summed E-state index contributed by atoms with van der Waals surface area (Å²) in [6.45, 7) is 7.19. The molecule has 0 spiro atoms. The maximum Gasteiger partial charge on any atom is 0.408 e. The molecule has 34 heavy (non-hydrogen) atoms. The van der Waals surface area contributed by atoms with Gasteiger partial charge in [0.2, 0.25) is 11.8 Å². The Labute approximate surface area is 200 Å². The van der Waals surface area contributed by atoms with Crippen LogP contribution < -0.4 is 10.6 Å². The molecule has 1 aromatic rings. The Morgan fingerprint density at radius 3 is 2.18 bits per heavy atom. The minimum Gasteiger partial charge on any atom is -0.468 e. The number of ether oxygens (including phenoxy) is 2. The molecule has 1 aromatic carbocycles. The Hall–Kier alpha value is -3.58. The highest BCUT2D eigenvalue weighted by molar-refractivity contribution is 5.93. The highest BCUT2D eigenvalue weighted by atomic mass is 16.6. The van der Waals surface area contributed by atoms with Gasteiger partial charge in [-0.1, -0.05) is 18.1 Å². The number of hydrogen-bond donors (Lipinski definition) is 3. The second kappa shape index (κ2) is 12.6. The number of aliphatic hydroxyl groups excluding tert-OH is 1. The van der Waals surface area contributed by atoms with Crippen LogP contribution in [0, 0.1) is 12.3 Å². The molecule has 10 nitrogen and oxygen atoms in total. The highest BCUT2D eigenvalue weighted by Crippen LogP contribution is 2.25. The van der Waals surface area contributed by atoms with Crippen LogP contribution in [-0.2, 0) is 23.9 Å². The maximum atomic E-state index is 13.4. The maximum absolute atomic E-state index is 13.4. The van der Waals surface area contributed by atoms with Gasteiger partial charge >= 0.3 is 12.1 Å². The number of nitrogens with one attached hydrogen (secondary N) is 2. The van der Waals surface area contributed by atoms with Gasteiger partial charge in [0.05, 0.1) is 13.7 Å². The molecular formula is C24H33N3O7. The third-order valence-corrected chi connectivity index (χ3v) is 4.54. The molecule has 1 rings (SSSR count). The molecule has 186 valence electrons. The van der Waals surface area contributed by atoms with Crippen LogP contribution in [0.5, 0.6) is 0 Å². The Morgan fingerprint density at radius 2 is 1.74 bits per heavy atom. The summed E-state index contributed by atoms with van der Waals surface area (Å²) in [7, 11) is 1.18. The van der Waals surface area contributed by atoms with Gasteiger partial charge in [0.25, 0.3) is 0 Å². The van der Waals surface area contributed by atoms with Crippen molar-refractivity contribution < 1.29 is 33.8 Å². The third-order valence-electron chi connectivity index (χ3n) is 4.54. The zero-order valence-electron chi connectivity index (χ0n) is 20.4. The van der Waals surface area contributed by atoms with Crippen molar-refractivity contribution >= 4 is 23.9 Å². The summed E-state index contributed by atoms with van der Waals surface area (Å²) >= 11 is 0. The van der Waals surface area contributed by atoms with Crippen molar-refractivity contribution in [3.8, 4) is 12.3 Å².